The molecule has 1 aromatic carbocycles. The molecule has 4 nitrogen and oxygen atoms in total. The van der Waals surface area contributed by atoms with E-state index in [1.807, 2.05) is 18.2 Å². The standard InChI is InChI=1S/C16H25N3O/c17-16(18)12-15(13-6-2-1-3-7-13)19-10-5-4-8-14(19)9-11-20/h1-3,6-7,14-15,20H,4-5,8-12H2,(H3,17,18). The molecule has 1 saturated heterocycles. The highest BCUT2D eigenvalue weighted by atomic mass is 16.3. The number of rotatable bonds is 6. The van der Waals surface area contributed by atoms with Gasteiger partial charge in [-0.3, -0.25) is 10.3 Å². The third kappa shape index (κ3) is 3.81. The van der Waals surface area contributed by atoms with E-state index in [4.69, 9.17) is 11.1 Å². The number of nitrogens with one attached hydrogen (secondary N) is 1. The molecule has 1 aliphatic heterocycles. The number of hydrogen-bond acceptors (Lipinski definition) is 3. The van der Waals surface area contributed by atoms with Crippen LogP contribution in [0.3, 0.4) is 0 Å². The third-order valence-electron chi connectivity index (χ3n) is 4.13. The summed E-state index contributed by atoms with van der Waals surface area (Å²) in [5.41, 5.74) is 6.88. The number of nitrogens with zero attached hydrogens (tertiary/aromatic N) is 1. The molecule has 20 heavy (non-hydrogen) atoms. The van der Waals surface area contributed by atoms with Gasteiger partial charge in [0.15, 0.2) is 0 Å². The number of likely N-dealkylation sites (tertiary alicyclic amines) is 1. The maximum atomic E-state index is 9.28. The fourth-order valence-corrected chi connectivity index (χ4v) is 3.20. The molecule has 4 N–H and O–H groups in total. The molecule has 0 spiro atoms. The molecule has 0 aliphatic carbocycles. The molecular weight excluding hydrogens is 250 g/mol. The number of piperidine rings is 1. The Morgan fingerprint density at radius 1 is 1.35 bits per heavy atom. The highest BCUT2D eigenvalue weighted by Crippen LogP contribution is 2.32. The summed E-state index contributed by atoms with van der Waals surface area (Å²) in [6.45, 7) is 1.25. The van der Waals surface area contributed by atoms with Gasteiger partial charge in [-0.1, -0.05) is 36.8 Å². The topological polar surface area (TPSA) is 73.3 Å². The van der Waals surface area contributed by atoms with Crippen molar-refractivity contribution < 1.29 is 5.11 Å². The van der Waals surface area contributed by atoms with E-state index in [2.05, 4.69) is 17.0 Å². The molecule has 2 unspecified atom stereocenters. The Balaban J connectivity index is 2.22. The maximum Gasteiger partial charge on any atom is 0.0924 e. The number of amidine groups is 1. The van der Waals surface area contributed by atoms with Gasteiger partial charge in [0.25, 0.3) is 0 Å². The van der Waals surface area contributed by atoms with Crippen molar-refractivity contribution in [2.75, 3.05) is 13.2 Å². The van der Waals surface area contributed by atoms with Crippen LogP contribution in [0.15, 0.2) is 30.3 Å². The normalized spacial score (nSPS) is 21.6. The van der Waals surface area contributed by atoms with E-state index in [0.717, 1.165) is 19.4 Å². The van der Waals surface area contributed by atoms with E-state index in [0.29, 0.717) is 12.5 Å². The van der Waals surface area contributed by atoms with Crippen molar-refractivity contribution in [1.29, 1.82) is 5.41 Å². The second kappa shape index (κ2) is 7.41. The van der Waals surface area contributed by atoms with Gasteiger partial charge in [0.1, 0.15) is 0 Å². The van der Waals surface area contributed by atoms with Gasteiger partial charge in [-0.25, -0.2) is 0 Å². The molecule has 1 aliphatic rings. The molecule has 0 saturated carbocycles. The Morgan fingerprint density at radius 3 is 2.75 bits per heavy atom. The van der Waals surface area contributed by atoms with Crippen molar-refractivity contribution in [1.82, 2.24) is 4.90 Å². The zero-order valence-corrected chi connectivity index (χ0v) is 12.0. The Hall–Kier alpha value is -1.39. The van der Waals surface area contributed by atoms with Gasteiger partial charge in [0, 0.05) is 25.1 Å². The first-order chi connectivity index (χ1) is 9.72. The van der Waals surface area contributed by atoms with E-state index in [9.17, 15) is 5.11 Å². The second-order valence-corrected chi connectivity index (χ2v) is 5.56. The summed E-state index contributed by atoms with van der Waals surface area (Å²) >= 11 is 0. The Morgan fingerprint density at radius 2 is 2.10 bits per heavy atom. The van der Waals surface area contributed by atoms with Gasteiger partial charge >= 0.3 is 0 Å². The summed E-state index contributed by atoms with van der Waals surface area (Å²) in [6.07, 6.45) is 4.90. The molecule has 4 heteroatoms. The van der Waals surface area contributed by atoms with Crippen molar-refractivity contribution in [3.8, 4) is 0 Å². The zero-order chi connectivity index (χ0) is 14.4. The van der Waals surface area contributed by atoms with Crippen LogP contribution in [0.2, 0.25) is 0 Å². The zero-order valence-electron chi connectivity index (χ0n) is 12.0. The van der Waals surface area contributed by atoms with Crippen molar-refractivity contribution in [2.45, 2.75) is 44.2 Å². The lowest BCUT2D eigenvalue weighted by molar-refractivity contribution is 0.0775. The van der Waals surface area contributed by atoms with Gasteiger partial charge in [-0.15, -0.1) is 0 Å². The summed E-state index contributed by atoms with van der Waals surface area (Å²) in [5.74, 6) is 0.229. The first-order valence-corrected chi connectivity index (χ1v) is 7.47. The van der Waals surface area contributed by atoms with E-state index in [-0.39, 0.29) is 18.5 Å². The number of benzene rings is 1. The predicted octanol–water partition coefficient (Wildman–Crippen LogP) is 2.29. The first kappa shape index (κ1) is 15.0. The fourth-order valence-electron chi connectivity index (χ4n) is 3.20. The molecule has 2 rings (SSSR count). The van der Waals surface area contributed by atoms with E-state index < -0.39 is 0 Å². The van der Waals surface area contributed by atoms with Gasteiger partial charge in [0.2, 0.25) is 0 Å². The predicted molar refractivity (Wildman–Crippen MR) is 81.8 cm³/mol. The van der Waals surface area contributed by atoms with Crippen molar-refractivity contribution in [3.63, 3.8) is 0 Å². The molecule has 0 aromatic heterocycles. The second-order valence-electron chi connectivity index (χ2n) is 5.56. The van der Waals surface area contributed by atoms with Gasteiger partial charge < -0.3 is 10.8 Å². The average molecular weight is 275 g/mol. The van der Waals surface area contributed by atoms with Crippen LogP contribution in [0.5, 0.6) is 0 Å². The number of aliphatic hydroxyl groups is 1. The average Bonchev–Trinajstić information content (AvgIpc) is 2.47. The minimum atomic E-state index is 0.158. The van der Waals surface area contributed by atoms with Crippen molar-refractivity contribution in [3.05, 3.63) is 35.9 Å². The van der Waals surface area contributed by atoms with Crippen LogP contribution >= 0.6 is 0 Å². The minimum Gasteiger partial charge on any atom is -0.396 e. The third-order valence-corrected chi connectivity index (χ3v) is 4.13. The lowest BCUT2D eigenvalue weighted by atomic mass is 9.93. The molecule has 1 aromatic rings. The van der Waals surface area contributed by atoms with Crippen LogP contribution in [0.4, 0.5) is 0 Å². The molecule has 110 valence electrons. The number of aliphatic hydroxyl groups excluding tert-OH is 1. The smallest absolute Gasteiger partial charge is 0.0924 e. The van der Waals surface area contributed by atoms with E-state index in [1.54, 1.807) is 0 Å². The fraction of sp³-hybridized carbons (Fsp3) is 0.562. The Labute approximate surface area is 121 Å². The van der Waals surface area contributed by atoms with Crippen LogP contribution < -0.4 is 5.73 Å². The van der Waals surface area contributed by atoms with E-state index >= 15 is 0 Å². The summed E-state index contributed by atoms with van der Waals surface area (Å²) < 4.78 is 0. The van der Waals surface area contributed by atoms with Crippen LogP contribution in [-0.2, 0) is 0 Å². The van der Waals surface area contributed by atoms with Crippen molar-refractivity contribution in [2.24, 2.45) is 5.73 Å². The summed E-state index contributed by atoms with van der Waals surface area (Å²) in [5, 5.41) is 16.9. The monoisotopic (exact) mass is 275 g/mol. The molecule has 0 amide bonds. The lowest BCUT2D eigenvalue weighted by Crippen LogP contribution is -2.43. The highest BCUT2D eigenvalue weighted by Gasteiger charge is 2.29. The van der Waals surface area contributed by atoms with Crippen molar-refractivity contribution >= 4 is 5.84 Å². The van der Waals surface area contributed by atoms with Crippen LogP contribution in [0.25, 0.3) is 0 Å². The molecule has 1 fully saturated rings. The first-order valence-electron chi connectivity index (χ1n) is 7.47. The SMILES string of the molecule is N=C(N)CC(c1ccccc1)N1CCCCC1CCO. The number of nitrogens with two attached hydrogens (primary N) is 1. The van der Waals surface area contributed by atoms with Gasteiger partial charge in [-0.05, 0) is 31.4 Å². The van der Waals surface area contributed by atoms with E-state index in [1.165, 1.54) is 18.4 Å². The molecule has 2 atom stereocenters. The van der Waals surface area contributed by atoms with Crippen LogP contribution in [0, 0.1) is 5.41 Å². The Kier molecular flexibility index (Phi) is 5.56. The number of hydrogen-bond donors (Lipinski definition) is 3. The highest BCUT2D eigenvalue weighted by molar-refractivity contribution is 5.77. The molecule has 0 radical (unpaired) electrons. The quantitative estimate of drug-likeness (QED) is 0.551. The molecule has 0 bridgehead atoms. The summed E-state index contributed by atoms with van der Waals surface area (Å²) in [4.78, 5) is 2.44. The minimum absolute atomic E-state index is 0.158. The van der Waals surface area contributed by atoms with Gasteiger partial charge in [-0.2, -0.15) is 0 Å². The molecule has 1 heterocycles. The summed E-state index contributed by atoms with van der Waals surface area (Å²) in [7, 11) is 0. The largest absolute Gasteiger partial charge is 0.396 e. The van der Waals surface area contributed by atoms with Gasteiger partial charge in [0.05, 0.1) is 5.84 Å². The van der Waals surface area contributed by atoms with Crippen LogP contribution in [-0.4, -0.2) is 35.0 Å². The maximum absolute atomic E-state index is 9.28. The Bertz CT molecular complexity index is 419. The lowest BCUT2D eigenvalue weighted by Gasteiger charge is -2.41. The van der Waals surface area contributed by atoms with Crippen LogP contribution in [0.1, 0.15) is 43.7 Å². The molecular formula is C16H25N3O. The summed E-state index contributed by atoms with van der Waals surface area (Å²) in [6, 6.07) is 10.9.